The number of hydrogen-bond acceptors (Lipinski definition) is 4. The Balaban J connectivity index is 0.00000342. The number of piperidine rings is 1. The lowest BCUT2D eigenvalue weighted by molar-refractivity contribution is 0.00927. The molecule has 188 valence electrons. The maximum Gasteiger partial charge on any atom is 0.128 e. The van der Waals surface area contributed by atoms with Gasteiger partial charge < -0.3 is 19.5 Å². The SMILES string of the molecule is Cl.Fc1ccc(F)c(COC2CNCCC2c2ccc(OCCCOCc3ccccc3)cc2)c1. The van der Waals surface area contributed by atoms with Gasteiger partial charge in [0.1, 0.15) is 17.4 Å². The Kier molecular flexibility index (Phi) is 10.9. The van der Waals surface area contributed by atoms with E-state index in [2.05, 4.69) is 29.6 Å². The summed E-state index contributed by atoms with van der Waals surface area (Å²) in [7, 11) is 0. The quantitative estimate of drug-likeness (QED) is 0.324. The molecule has 1 N–H and O–H groups in total. The van der Waals surface area contributed by atoms with Crippen molar-refractivity contribution in [2.45, 2.75) is 38.1 Å². The van der Waals surface area contributed by atoms with Gasteiger partial charge in [0.2, 0.25) is 0 Å². The van der Waals surface area contributed by atoms with E-state index >= 15 is 0 Å². The average Bonchev–Trinajstić information content (AvgIpc) is 2.88. The molecule has 7 heteroatoms. The molecule has 1 heterocycles. The van der Waals surface area contributed by atoms with Crippen LogP contribution in [0.4, 0.5) is 8.78 Å². The Morgan fingerprint density at radius 1 is 0.886 bits per heavy atom. The van der Waals surface area contributed by atoms with Crippen molar-refractivity contribution in [3.63, 3.8) is 0 Å². The van der Waals surface area contributed by atoms with Gasteiger partial charge in [-0.15, -0.1) is 12.4 Å². The maximum atomic E-state index is 14.0. The molecule has 0 radical (unpaired) electrons. The molecule has 1 fully saturated rings. The van der Waals surface area contributed by atoms with Gasteiger partial charge in [0, 0.05) is 24.4 Å². The van der Waals surface area contributed by atoms with Crippen LogP contribution in [0.15, 0.2) is 72.8 Å². The van der Waals surface area contributed by atoms with Gasteiger partial charge in [0.15, 0.2) is 0 Å². The molecule has 1 aliphatic heterocycles. The summed E-state index contributed by atoms with van der Waals surface area (Å²) in [6.45, 7) is 3.45. The van der Waals surface area contributed by atoms with E-state index in [4.69, 9.17) is 14.2 Å². The molecule has 0 aromatic heterocycles. The highest BCUT2D eigenvalue weighted by Crippen LogP contribution is 2.30. The molecule has 2 unspecified atom stereocenters. The van der Waals surface area contributed by atoms with Crippen LogP contribution in [0.5, 0.6) is 5.75 Å². The maximum absolute atomic E-state index is 14.0. The molecular formula is C28H32ClF2NO3. The lowest BCUT2D eigenvalue weighted by Crippen LogP contribution is -2.41. The van der Waals surface area contributed by atoms with E-state index in [-0.39, 0.29) is 36.6 Å². The summed E-state index contributed by atoms with van der Waals surface area (Å²) in [5.74, 6) is 0.0868. The van der Waals surface area contributed by atoms with Crippen LogP contribution in [0.2, 0.25) is 0 Å². The summed E-state index contributed by atoms with van der Waals surface area (Å²) in [5, 5.41) is 3.33. The molecule has 0 spiro atoms. The summed E-state index contributed by atoms with van der Waals surface area (Å²) in [6, 6.07) is 21.6. The van der Waals surface area contributed by atoms with Gasteiger partial charge in [-0.2, -0.15) is 0 Å². The Morgan fingerprint density at radius 3 is 2.49 bits per heavy atom. The molecule has 1 aliphatic rings. The highest BCUT2D eigenvalue weighted by atomic mass is 35.5. The van der Waals surface area contributed by atoms with Crippen molar-refractivity contribution < 1.29 is 23.0 Å². The zero-order valence-electron chi connectivity index (χ0n) is 19.6. The van der Waals surface area contributed by atoms with E-state index in [1.54, 1.807) is 0 Å². The van der Waals surface area contributed by atoms with Gasteiger partial charge in [-0.25, -0.2) is 8.78 Å². The summed E-state index contributed by atoms with van der Waals surface area (Å²) >= 11 is 0. The first-order valence-electron chi connectivity index (χ1n) is 11.8. The predicted molar refractivity (Wildman–Crippen MR) is 135 cm³/mol. The summed E-state index contributed by atoms with van der Waals surface area (Å²) in [5.41, 5.74) is 2.56. The molecule has 0 amide bonds. The van der Waals surface area contributed by atoms with Gasteiger partial charge in [0.25, 0.3) is 0 Å². The molecule has 3 aromatic rings. The van der Waals surface area contributed by atoms with Crippen LogP contribution in [0.3, 0.4) is 0 Å². The Labute approximate surface area is 212 Å². The topological polar surface area (TPSA) is 39.7 Å². The minimum Gasteiger partial charge on any atom is -0.494 e. The summed E-state index contributed by atoms with van der Waals surface area (Å²) in [6.07, 6.45) is 1.61. The van der Waals surface area contributed by atoms with Crippen molar-refractivity contribution >= 4 is 12.4 Å². The standard InChI is InChI=1S/C28H31F2NO3.ClH/c29-24-9-12-27(30)23(17-24)20-34-28-18-31-14-13-26(28)22-7-10-25(11-8-22)33-16-4-15-32-19-21-5-2-1-3-6-21;/h1-3,5-12,17,26,28,31H,4,13-16,18-20H2;1H. The van der Waals surface area contributed by atoms with E-state index in [1.807, 2.05) is 30.3 Å². The molecule has 0 aliphatic carbocycles. The fraction of sp³-hybridized carbons (Fsp3) is 0.357. The van der Waals surface area contributed by atoms with Gasteiger partial charge in [-0.3, -0.25) is 0 Å². The number of nitrogens with one attached hydrogen (secondary N) is 1. The van der Waals surface area contributed by atoms with Crippen LogP contribution >= 0.6 is 12.4 Å². The van der Waals surface area contributed by atoms with Crippen LogP contribution in [0, 0.1) is 11.6 Å². The van der Waals surface area contributed by atoms with E-state index in [9.17, 15) is 8.78 Å². The van der Waals surface area contributed by atoms with Crippen LogP contribution in [0.25, 0.3) is 0 Å². The van der Waals surface area contributed by atoms with Crippen molar-refractivity contribution in [3.8, 4) is 5.75 Å². The molecule has 3 aromatic carbocycles. The molecule has 0 saturated carbocycles. The number of rotatable bonds is 11. The van der Waals surface area contributed by atoms with Crippen molar-refractivity contribution in [1.29, 1.82) is 0 Å². The van der Waals surface area contributed by atoms with Gasteiger partial charge >= 0.3 is 0 Å². The summed E-state index contributed by atoms with van der Waals surface area (Å²) in [4.78, 5) is 0. The molecular weight excluding hydrogens is 472 g/mol. The number of benzene rings is 3. The normalized spacial score (nSPS) is 17.5. The first-order valence-corrected chi connectivity index (χ1v) is 11.8. The minimum atomic E-state index is -0.461. The Morgan fingerprint density at radius 2 is 1.69 bits per heavy atom. The van der Waals surface area contributed by atoms with Crippen molar-refractivity contribution in [2.75, 3.05) is 26.3 Å². The third-order valence-corrected chi connectivity index (χ3v) is 6.01. The molecule has 1 saturated heterocycles. The lowest BCUT2D eigenvalue weighted by atomic mass is 9.87. The van der Waals surface area contributed by atoms with Gasteiger partial charge in [-0.05, 0) is 54.4 Å². The Bertz CT molecular complexity index is 1020. The third-order valence-electron chi connectivity index (χ3n) is 6.01. The second-order valence-electron chi connectivity index (χ2n) is 8.49. The highest BCUT2D eigenvalue weighted by molar-refractivity contribution is 5.85. The smallest absolute Gasteiger partial charge is 0.128 e. The minimum absolute atomic E-state index is 0. The van der Waals surface area contributed by atoms with E-state index in [0.29, 0.717) is 26.4 Å². The Hall–Kier alpha value is -2.51. The molecule has 4 nitrogen and oxygen atoms in total. The third kappa shape index (κ3) is 8.29. The van der Waals surface area contributed by atoms with Crippen LogP contribution in [-0.2, 0) is 22.7 Å². The average molecular weight is 504 g/mol. The number of halogens is 3. The molecule has 35 heavy (non-hydrogen) atoms. The molecule has 2 atom stereocenters. The van der Waals surface area contributed by atoms with Crippen LogP contribution < -0.4 is 10.1 Å². The fourth-order valence-corrected chi connectivity index (χ4v) is 4.16. The molecule has 4 rings (SSSR count). The van der Waals surface area contributed by atoms with Crippen molar-refractivity contribution in [1.82, 2.24) is 5.32 Å². The first kappa shape index (κ1) is 27.1. The number of hydrogen-bond donors (Lipinski definition) is 1. The van der Waals surface area contributed by atoms with Crippen molar-refractivity contribution in [2.24, 2.45) is 0 Å². The predicted octanol–water partition coefficient (Wildman–Crippen LogP) is 6.03. The zero-order valence-corrected chi connectivity index (χ0v) is 20.4. The van der Waals surface area contributed by atoms with E-state index in [0.717, 1.165) is 42.8 Å². The zero-order chi connectivity index (χ0) is 23.6. The number of ether oxygens (including phenoxy) is 3. The second-order valence-corrected chi connectivity index (χ2v) is 8.49. The highest BCUT2D eigenvalue weighted by Gasteiger charge is 2.27. The lowest BCUT2D eigenvalue weighted by Gasteiger charge is -2.32. The monoisotopic (exact) mass is 503 g/mol. The van der Waals surface area contributed by atoms with E-state index in [1.165, 1.54) is 11.6 Å². The van der Waals surface area contributed by atoms with E-state index < -0.39 is 11.6 Å². The van der Waals surface area contributed by atoms with Crippen LogP contribution in [0.1, 0.15) is 35.4 Å². The molecule has 0 bridgehead atoms. The van der Waals surface area contributed by atoms with Crippen molar-refractivity contribution in [3.05, 3.63) is 101 Å². The first-order chi connectivity index (χ1) is 16.7. The van der Waals surface area contributed by atoms with Gasteiger partial charge in [-0.1, -0.05) is 42.5 Å². The fourth-order valence-electron chi connectivity index (χ4n) is 4.16. The van der Waals surface area contributed by atoms with Crippen LogP contribution in [-0.4, -0.2) is 32.4 Å². The summed E-state index contributed by atoms with van der Waals surface area (Å²) < 4.78 is 45.0. The second kappa shape index (κ2) is 14.1. The largest absolute Gasteiger partial charge is 0.494 e. The van der Waals surface area contributed by atoms with Gasteiger partial charge in [0.05, 0.1) is 32.5 Å².